The highest BCUT2D eigenvalue weighted by molar-refractivity contribution is 5.81. The number of nitrogens with zero attached hydrogens (tertiary/aromatic N) is 5. The van der Waals surface area contributed by atoms with E-state index in [2.05, 4.69) is 32.0 Å². The van der Waals surface area contributed by atoms with Gasteiger partial charge in [0.2, 0.25) is 5.95 Å². The lowest BCUT2D eigenvalue weighted by Crippen LogP contribution is -2.22. The van der Waals surface area contributed by atoms with Gasteiger partial charge >= 0.3 is 0 Å². The van der Waals surface area contributed by atoms with Crippen LogP contribution >= 0.6 is 0 Å². The number of anilines is 1. The summed E-state index contributed by atoms with van der Waals surface area (Å²) in [5.41, 5.74) is 3.34. The van der Waals surface area contributed by atoms with Crippen molar-refractivity contribution in [3.05, 3.63) is 60.0 Å². The predicted molar refractivity (Wildman–Crippen MR) is 107 cm³/mol. The number of rotatable bonds is 5. The van der Waals surface area contributed by atoms with Crippen molar-refractivity contribution >= 4 is 16.9 Å². The Bertz CT molecular complexity index is 907. The SMILES string of the molecule is CN(C)c1ncc(CN2C[C@@H](Cc3ccnc4ccccc34)[C@@H](O)C2)cn1. The standard InChI is InChI=1S/C21H25N5O/c1-25(2)21-23-10-15(11-24-21)12-26-13-17(20(27)14-26)9-16-7-8-22-19-6-4-3-5-18(16)19/h3-8,10-11,17,20,27H,9,12-14H2,1-2H3/t17-,20+/m1/s1. The summed E-state index contributed by atoms with van der Waals surface area (Å²) in [6, 6.07) is 10.3. The van der Waals surface area contributed by atoms with E-state index in [4.69, 9.17) is 0 Å². The highest BCUT2D eigenvalue weighted by Gasteiger charge is 2.31. The Kier molecular flexibility index (Phi) is 5.01. The van der Waals surface area contributed by atoms with E-state index in [1.54, 1.807) is 0 Å². The Morgan fingerprint density at radius 1 is 1.07 bits per heavy atom. The van der Waals surface area contributed by atoms with Gasteiger partial charge in [-0.05, 0) is 24.1 Å². The molecule has 0 saturated carbocycles. The lowest BCUT2D eigenvalue weighted by molar-refractivity contribution is 0.141. The molecule has 3 aromatic rings. The van der Waals surface area contributed by atoms with Crippen LogP contribution in [0.4, 0.5) is 5.95 Å². The molecule has 0 bridgehead atoms. The van der Waals surface area contributed by atoms with Gasteiger partial charge in [0.1, 0.15) is 0 Å². The molecule has 0 radical (unpaired) electrons. The fourth-order valence-corrected chi connectivity index (χ4v) is 3.81. The highest BCUT2D eigenvalue weighted by Crippen LogP contribution is 2.26. The molecule has 0 unspecified atom stereocenters. The van der Waals surface area contributed by atoms with Crippen LogP contribution in [0, 0.1) is 5.92 Å². The molecule has 1 aliphatic heterocycles. The minimum atomic E-state index is -0.320. The smallest absolute Gasteiger partial charge is 0.224 e. The summed E-state index contributed by atoms with van der Waals surface area (Å²) >= 11 is 0. The second-order valence-electron chi connectivity index (χ2n) is 7.50. The Labute approximate surface area is 159 Å². The number of likely N-dealkylation sites (tertiary alicyclic amines) is 1. The molecule has 0 aliphatic carbocycles. The van der Waals surface area contributed by atoms with Gasteiger partial charge in [-0.25, -0.2) is 9.97 Å². The Morgan fingerprint density at radius 2 is 1.85 bits per heavy atom. The van der Waals surface area contributed by atoms with Gasteiger partial charge < -0.3 is 10.0 Å². The van der Waals surface area contributed by atoms with Gasteiger partial charge in [-0.1, -0.05) is 18.2 Å². The van der Waals surface area contributed by atoms with E-state index in [0.717, 1.165) is 30.6 Å². The van der Waals surface area contributed by atoms with Gasteiger partial charge in [0.05, 0.1) is 11.6 Å². The number of hydrogen-bond donors (Lipinski definition) is 1. The van der Waals surface area contributed by atoms with Crippen LogP contribution in [0.2, 0.25) is 0 Å². The van der Waals surface area contributed by atoms with E-state index in [0.29, 0.717) is 12.5 Å². The third-order valence-electron chi connectivity index (χ3n) is 5.20. The fourth-order valence-electron chi connectivity index (χ4n) is 3.81. The number of benzene rings is 1. The molecule has 1 fully saturated rings. The van der Waals surface area contributed by atoms with Gasteiger partial charge in [0, 0.05) is 69.2 Å². The fraction of sp³-hybridized carbons (Fsp3) is 0.381. The first-order valence-electron chi connectivity index (χ1n) is 9.31. The molecule has 2 aromatic heterocycles. The number of aliphatic hydroxyl groups is 1. The average Bonchev–Trinajstić information content (AvgIpc) is 3.01. The lowest BCUT2D eigenvalue weighted by atomic mass is 9.94. The summed E-state index contributed by atoms with van der Waals surface area (Å²) < 4.78 is 0. The minimum absolute atomic E-state index is 0.220. The van der Waals surface area contributed by atoms with E-state index in [-0.39, 0.29) is 12.0 Å². The molecule has 140 valence electrons. The van der Waals surface area contributed by atoms with E-state index in [1.165, 1.54) is 10.9 Å². The second-order valence-corrected chi connectivity index (χ2v) is 7.50. The van der Waals surface area contributed by atoms with Crippen LogP contribution in [0.1, 0.15) is 11.1 Å². The van der Waals surface area contributed by atoms with Gasteiger partial charge in [0.15, 0.2) is 0 Å². The summed E-state index contributed by atoms with van der Waals surface area (Å²) in [5, 5.41) is 11.8. The van der Waals surface area contributed by atoms with Crippen molar-refractivity contribution in [2.24, 2.45) is 5.92 Å². The quantitative estimate of drug-likeness (QED) is 0.749. The normalized spacial score (nSPS) is 20.3. The molecule has 1 saturated heterocycles. The van der Waals surface area contributed by atoms with Gasteiger partial charge in [-0.15, -0.1) is 0 Å². The molecule has 0 amide bonds. The maximum absolute atomic E-state index is 10.6. The van der Waals surface area contributed by atoms with Crippen molar-refractivity contribution in [1.29, 1.82) is 0 Å². The number of hydrogen-bond acceptors (Lipinski definition) is 6. The first kappa shape index (κ1) is 17.8. The molecule has 1 aliphatic rings. The molecule has 1 N–H and O–H groups in total. The van der Waals surface area contributed by atoms with Gasteiger partial charge in [-0.3, -0.25) is 9.88 Å². The molecule has 2 atom stereocenters. The third-order valence-corrected chi connectivity index (χ3v) is 5.20. The molecule has 27 heavy (non-hydrogen) atoms. The van der Waals surface area contributed by atoms with E-state index >= 15 is 0 Å². The first-order valence-corrected chi connectivity index (χ1v) is 9.31. The predicted octanol–water partition coefficient (Wildman–Crippen LogP) is 2.13. The molecule has 6 nitrogen and oxygen atoms in total. The minimum Gasteiger partial charge on any atom is -0.391 e. The zero-order valence-electron chi connectivity index (χ0n) is 15.8. The second kappa shape index (κ2) is 7.58. The maximum atomic E-state index is 10.6. The van der Waals surface area contributed by atoms with Crippen molar-refractivity contribution in [1.82, 2.24) is 19.9 Å². The Morgan fingerprint density at radius 3 is 2.63 bits per heavy atom. The molecular formula is C21H25N5O. The van der Waals surface area contributed by atoms with Crippen molar-refractivity contribution in [2.75, 3.05) is 32.1 Å². The van der Waals surface area contributed by atoms with E-state index in [9.17, 15) is 5.11 Å². The lowest BCUT2D eigenvalue weighted by Gasteiger charge is -2.16. The number of pyridine rings is 1. The third kappa shape index (κ3) is 3.91. The Hall–Kier alpha value is -2.57. The van der Waals surface area contributed by atoms with Gasteiger partial charge in [-0.2, -0.15) is 0 Å². The number of aromatic nitrogens is 3. The molecule has 1 aromatic carbocycles. The zero-order chi connectivity index (χ0) is 18.8. The van der Waals surface area contributed by atoms with Gasteiger partial charge in [0.25, 0.3) is 0 Å². The number of aliphatic hydroxyl groups excluding tert-OH is 1. The van der Waals surface area contributed by atoms with Crippen molar-refractivity contribution < 1.29 is 5.11 Å². The molecule has 0 spiro atoms. The van der Waals surface area contributed by atoms with Crippen molar-refractivity contribution in [3.8, 4) is 0 Å². The molecular weight excluding hydrogens is 338 g/mol. The topological polar surface area (TPSA) is 65.4 Å². The van der Waals surface area contributed by atoms with Crippen LogP contribution in [-0.2, 0) is 13.0 Å². The largest absolute Gasteiger partial charge is 0.391 e. The van der Waals surface area contributed by atoms with E-state index < -0.39 is 0 Å². The van der Waals surface area contributed by atoms with E-state index in [1.807, 2.05) is 55.8 Å². The summed E-state index contributed by atoms with van der Waals surface area (Å²) in [5.74, 6) is 0.931. The van der Waals surface area contributed by atoms with Crippen molar-refractivity contribution in [3.63, 3.8) is 0 Å². The van der Waals surface area contributed by atoms with Crippen molar-refractivity contribution in [2.45, 2.75) is 19.1 Å². The van der Waals surface area contributed by atoms with Crippen LogP contribution in [-0.4, -0.2) is 58.2 Å². The number of para-hydroxylation sites is 1. The summed E-state index contributed by atoms with van der Waals surface area (Å²) in [7, 11) is 3.86. The summed E-state index contributed by atoms with van der Waals surface area (Å²) in [6.07, 6.45) is 6.15. The maximum Gasteiger partial charge on any atom is 0.224 e. The average molecular weight is 363 g/mol. The highest BCUT2D eigenvalue weighted by atomic mass is 16.3. The van der Waals surface area contributed by atoms with Crippen LogP contribution < -0.4 is 4.90 Å². The monoisotopic (exact) mass is 363 g/mol. The zero-order valence-corrected chi connectivity index (χ0v) is 15.8. The number of fused-ring (bicyclic) bond motifs is 1. The molecule has 3 heterocycles. The van der Waals surface area contributed by atoms with Crippen LogP contribution in [0.5, 0.6) is 0 Å². The summed E-state index contributed by atoms with van der Waals surface area (Å²) in [6.45, 7) is 2.31. The molecule has 4 rings (SSSR count). The van der Waals surface area contributed by atoms with Crippen LogP contribution in [0.15, 0.2) is 48.9 Å². The number of β-amino-alcohol motifs (C(OH)–C–C–N with tert-alkyl or cyclic N) is 1. The van der Waals surface area contributed by atoms with Crippen LogP contribution in [0.3, 0.4) is 0 Å². The van der Waals surface area contributed by atoms with Crippen LogP contribution in [0.25, 0.3) is 10.9 Å². The molecule has 6 heteroatoms. The first-order chi connectivity index (χ1) is 13.1. The Balaban J connectivity index is 1.43. The summed E-state index contributed by atoms with van der Waals surface area (Å²) in [4.78, 5) is 17.4.